The van der Waals surface area contributed by atoms with E-state index in [2.05, 4.69) is 0 Å². The normalized spacial score (nSPS) is 19.3. The SMILES string of the molecule is CC(N)[C@H](C)C(C)(C)O. The van der Waals surface area contributed by atoms with Crippen molar-refractivity contribution in [2.45, 2.75) is 39.3 Å². The first kappa shape index (κ1) is 8.92. The van der Waals surface area contributed by atoms with Gasteiger partial charge in [-0.15, -0.1) is 0 Å². The molecule has 2 nitrogen and oxygen atoms in total. The van der Waals surface area contributed by atoms with E-state index < -0.39 is 5.60 Å². The second kappa shape index (κ2) is 2.67. The molecular formula is C7H17NO. The lowest BCUT2D eigenvalue weighted by Crippen LogP contribution is -2.40. The van der Waals surface area contributed by atoms with E-state index in [1.807, 2.05) is 13.8 Å². The van der Waals surface area contributed by atoms with Crippen LogP contribution in [0.4, 0.5) is 0 Å². The molecule has 1 unspecified atom stereocenters. The van der Waals surface area contributed by atoms with Crippen LogP contribution in [0, 0.1) is 5.92 Å². The highest BCUT2D eigenvalue weighted by molar-refractivity contribution is 4.79. The molecule has 0 rings (SSSR count). The monoisotopic (exact) mass is 131 g/mol. The molecule has 56 valence electrons. The Morgan fingerprint density at radius 3 is 1.67 bits per heavy atom. The molecule has 0 heterocycles. The number of hydrogen-bond donors (Lipinski definition) is 2. The standard InChI is InChI=1S/C7H17NO/c1-5(6(2)8)7(3,4)9/h5-6,9H,8H2,1-4H3/t5-,6?/m0/s1. The Morgan fingerprint density at radius 1 is 1.33 bits per heavy atom. The van der Waals surface area contributed by atoms with Crippen LogP contribution >= 0.6 is 0 Å². The summed E-state index contributed by atoms with van der Waals surface area (Å²) in [5.41, 5.74) is 4.92. The van der Waals surface area contributed by atoms with Crippen LogP contribution in [0.5, 0.6) is 0 Å². The molecule has 0 aliphatic carbocycles. The van der Waals surface area contributed by atoms with Crippen molar-refractivity contribution in [1.29, 1.82) is 0 Å². The fraction of sp³-hybridized carbons (Fsp3) is 1.00. The first-order valence-corrected chi connectivity index (χ1v) is 3.33. The average molecular weight is 131 g/mol. The van der Waals surface area contributed by atoms with Gasteiger partial charge in [-0.1, -0.05) is 6.92 Å². The quantitative estimate of drug-likeness (QED) is 0.580. The van der Waals surface area contributed by atoms with Crippen molar-refractivity contribution >= 4 is 0 Å². The van der Waals surface area contributed by atoms with Crippen molar-refractivity contribution in [3.05, 3.63) is 0 Å². The molecule has 0 aliphatic heterocycles. The maximum Gasteiger partial charge on any atom is 0.0631 e. The molecular weight excluding hydrogens is 114 g/mol. The molecule has 0 aromatic carbocycles. The van der Waals surface area contributed by atoms with Crippen LogP contribution in [0.2, 0.25) is 0 Å². The minimum atomic E-state index is -0.645. The Hall–Kier alpha value is -0.0800. The molecule has 0 amide bonds. The van der Waals surface area contributed by atoms with E-state index in [4.69, 9.17) is 5.73 Å². The van der Waals surface area contributed by atoms with Crippen LogP contribution in [-0.4, -0.2) is 16.7 Å². The van der Waals surface area contributed by atoms with Crippen LogP contribution in [-0.2, 0) is 0 Å². The van der Waals surface area contributed by atoms with Crippen LogP contribution in [0.3, 0.4) is 0 Å². The summed E-state index contributed by atoms with van der Waals surface area (Å²) in [5, 5.41) is 9.38. The molecule has 0 aromatic heterocycles. The molecule has 9 heavy (non-hydrogen) atoms. The van der Waals surface area contributed by atoms with E-state index in [0.29, 0.717) is 0 Å². The summed E-state index contributed by atoms with van der Waals surface area (Å²) in [6.07, 6.45) is 0. The Bertz CT molecular complexity index is 83.4. The van der Waals surface area contributed by atoms with Gasteiger partial charge in [-0.2, -0.15) is 0 Å². The molecule has 0 aromatic rings. The van der Waals surface area contributed by atoms with Gasteiger partial charge in [0.05, 0.1) is 5.60 Å². The minimum absolute atomic E-state index is 0.0602. The lowest BCUT2D eigenvalue weighted by Gasteiger charge is -2.28. The number of rotatable bonds is 2. The van der Waals surface area contributed by atoms with Crippen molar-refractivity contribution in [1.82, 2.24) is 0 Å². The summed E-state index contributed by atoms with van der Waals surface area (Å²) in [6.45, 7) is 7.41. The molecule has 0 spiro atoms. The molecule has 0 radical (unpaired) electrons. The fourth-order valence-electron chi connectivity index (χ4n) is 0.643. The first-order chi connectivity index (χ1) is 3.85. The van der Waals surface area contributed by atoms with Gasteiger partial charge >= 0.3 is 0 Å². The smallest absolute Gasteiger partial charge is 0.0631 e. The van der Waals surface area contributed by atoms with Crippen molar-refractivity contribution in [3.63, 3.8) is 0 Å². The van der Waals surface area contributed by atoms with Gasteiger partial charge in [-0.3, -0.25) is 0 Å². The highest BCUT2D eigenvalue weighted by Gasteiger charge is 2.24. The molecule has 0 saturated carbocycles. The first-order valence-electron chi connectivity index (χ1n) is 3.33. The minimum Gasteiger partial charge on any atom is -0.390 e. The van der Waals surface area contributed by atoms with Gasteiger partial charge in [0.15, 0.2) is 0 Å². The predicted octanol–water partition coefficient (Wildman–Crippen LogP) is 0.741. The molecule has 2 atom stereocenters. The van der Waals surface area contributed by atoms with Gasteiger partial charge in [-0.25, -0.2) is 0 Å². The van der Waals surface area contributed by atoms with Gasteiger partial charge in [0.25, 0.3) is 0 Å². The molecule has 2 heteroatoms. The van der Waals surface area contributed by atoms with Gasteiger partial charge in [-0.05, 0) is 26.7 Å². The highest BCUT2D eigenvalue weighted by atomic mass is 16.3. The summed E-state index contributed by atoms with van der Waals surface area (Å²) < 4.78 is 0. The zero-order valence-corrected chi connectivity index (χ0v) is 6.68. The Labute approximate surface area is 57.1 Å². The third-order valence-electron chi connectivity index (χ3n) is 1.90. The predicted molar refractivity (Wildman–Crippen MR) is 39.1 cm³/mol. The fourth-order valence-corrected chi connectivity index (χ4v) is 0.643. The zero-order valence-electron chi connectivity index (χ0n) is 6.68. The summed E-state index contributed by atoms with van der Waals surface area (Å²) in [7, 11) is 0. The van der Waals surface area contributed by atoms with Crippen molar-refractivity contribution < 1.29 is 5.11 Å². The molecule has 0 aliphatic rings. The summed E-state index contributed by atoms with van der Waals surface area (Å²) in [5.74, 6) is 0.150. The highest BCUT2D eigenvalue weighted by Crippen LogP contribution is 2.17. The number of hydrogen-bond acceptors (Lipinski definition) is 2. The third-order valence-corrected chi connectivity index (χ3v) is 1.90. The van der Waals surface area contributed by atoms with Crippen LogP contribution < -0.4 is 5.73 Å². The largest absolute Gasteiger partial charge is 0.390 e. The van der Waals surface area contributed by atoms with Crippen molar-refractivity contribution in [3.8, 4) is 0 Å². The second-order valence-electron chi connectivity index (χ2n) is 3.30. The van der Waals surface area contributed by atoms with E-state index in [-0.39, 0.29) is 12.0 Å². The van der Waals surface area contributed by atoms with Gasteiger partial charge < -0.3 is 10.8 Å². The van der Waals surface area contributed by atoms with Crippen LogP contribution in [0.15, 0.2) is 0 Å². The van der Waals surface area contributed by atoms with E-state index in [1.165, 1.54) is 0 Å². The summed E-state index contributed by atoms with van der Waals surface area (Å²) in [6, 6.07) is 0.0602. The lowest BCUT2D eigenvalue weighted by molar-refractivity contribution is 0.0165. The van der Waals surface area contributed by atoms with Gasteiger partial charge in [0.1, 0.15) is 0 Å². The molecule has 3 N–H and O–H groups in total. The third kappa shape index (κ3) is 2.82. The Morgan fingerprint density at radius 2 is 1.67 bits per heavy atom. The topological polar surface area (TPSA) is 46.2 Å². The van der Waals surface area contributed by atoms with E-state index in [9.17, 15) is 5.11 Å². The summed E-state index contributed by atoms with van der Waals surface area (Å²) >= 11 is 0. The van der Waals surface area contributed by atoms with E-state index >= 15 is 0 Å². The zero-order chi connectivity index (χ0) is 7.65. The Kier molecular flexibility index (Phi) is 2.65. The summed E-state index contributed by atoms with van der Waals surface area (Å²) in [4.78, 5) is 0. The average Bonchev–Trinajstić information content (AvgIpc) is 1.62. The van der Waals surface area contributed by atoms with Crippen molar-refractivity contribution in [2.75, 3.05) is 0 Å². The molecule has 0 saturated heterocycles. The van der Waals surface area contributed by atoms with Gasteiger partial charge in [0, 0.05) is 6.04 Å². The number of nitrogens with two attached hydrogens (primary N) is 1. The lowest BCUT2D eigenvalue weighted by atomic mass is 9.88. The Balaban J connectivity index is 3.88. The second-order valence-corrected chi connectivity index (χ2v) is 3.30. The van der Waals surface area contributed by atoms with Gasteiger partial charge in [0.2, 0.25) is 0 Å². The van der Waals surface area contributed by atoms with E-state index in [0.717, 1.165) is 0 Å². The maximum absolute atomic E-state index is 9.38. The van der Waals surface area contributed by atoms with Crippen LogP contribution in [0.25, 0.3) is 0 Å². The van der Waals surface area contributed by atoms with Crippen molar-refractivity contribution in [2.24, 2.45) is 11.7 Å². The molecule has 0 bridgehead atoms. The van der Waals surface area contributed by atoms with E-state index in [1.54, 1.807) is 13.8 Å². The number of aliphatic hydroxyl groups is 1. The maximum atomic E-state index is 9.38. The van der Waals surface area contributed by atoms with Crippen LogP contribution in [0.1, 0.15) is 27.7 Å². The molecule has 0 fully saturated rings.